The van der Waals surface area contributed by atoms with Gasteiger partial charge in [-0.15, -0.1) is 0 Å². The maximum atomic E-state index is 6.17. The van der Waals surface area contributed by atoms with Crippen LogP contribution in [-0.4, -0.2) is 9.38 Å². The number of hydrogen-bond acceptors (Lipinski definition) is 2. The Morgan fingerprint density at radius 1 is 1.38 bits per heavy atom. The van der Waals surface area contributed by atoms with Gasteiger partial charge < -0.3 is 5.73 Å². The van der Waals surface area contributed by atoms with Crippen LogP contribution in [0.15, 0.2) is 18.2 Å². The van der Waals surface area contributed by atoms with E-state index in [9.17, 15) is 0 Å². The second-order valence-electron chi connectivity index (χ2n) is 5.22. The normalized spacial score (nSPS) is 12.2. The molecule has 2 aromatic heterocycles. The Kier molecular flexibility index (Phi) is 2.58. The highest BCUT2D eigenvalue weighted by Crippen LogP contribution is 2.27. The second kappa shape index (κ2) is 3.67. The maximum Gasteiger partial charge on any atom is 0.146 e. The second-order valence-corrected chi connectivity index (χ2v) is 5.61. The Morgan fingerprint density at radius 3 is 2.69 bits per heavy atom. The molecule has 0 unspecified atom stereocenters. The number of halogens is 1. The van der Waals surface area contributed by atoms with Crippen molar-refractivity contribution in [1.82, 2.24) is 9.38 Å². The standard InChI is InChI=1S/C12H16ClN3/c1-12(2,3)7-8-11(14)15-10-6-4-5-9(13)16(8)10/h4-6H,7,14H2,1-3H3. The van der Waals surface area contributed by atoms with E-state index in [1.165, 1.54) is 0 Å². The molecule has 2 heterocycles. The van der Waals surface area contributed by atoms with Gasteiger partial charge in [-0.3, -0.25) is 4.40 Å². The van der Waals surface area contributed by atoms with Crippen LogP contribution in [0.3, 0.4) is 0 Å². The summed E-state index contributed by atoms with van der Waals surface area (Å²) in [5.74, 6) is 0.572. The van der Waals surface area contributed by atoms with Crippen LogP contribution < -0.4 is 5.73 Å². The average molecular weight is 238 g/mol. The average Bonchev–Trinajstić information content (AvgIpc) is 2.42. The Hall–Kier alpha value is -1.22. The van der Waals surface area contributed by atoms with E-state index in [0.717, 1.165) is 17.8 Å². The lowest BCUT2D eigenvalue weighted by Crippen LogP contribution is -2.12. The molecule has 2 N–H and O–H groups in total. The first kappa shape index (κ1) is 11.3. The van der Waals surface area contributed by atoms with Gasteiger partial charge in [-0.1, -0.05) is 38.4 Å². The van der Waals surface area contributed by atoms with Crippen LogP contribution in [0, 0.1) is 5.41 Å². The number of aromatic nitrogens is 2. The lowest BCUT2D eigenvalue weighted by Gasteiger charge is -2.18. The third kappa shape index (κ3) is 2.00. The fourth-order valence-electron chi connectivity index (χ4n) is 1.80. The minimum Gasteiger partial charge on any atom is -0.382 e. The molecule has 16 heavy (non-hydrogen) atoms. The van der Waals surface area contributed by atoms with Crippen molar-refractivity contribution >= 4 is 23.1 Å². The van der Waals surface area contributed by atoms with Crippen molar-refractivity contribution in [2.75, 3.05) is 5.73 Å². The summed E-state index contributed by atoms with van der Waals surface area (Å²) >= 11 is 6.17. The van der Waals surface area contributed by atoms with E-state index >= 15 is 0 Å². The summed E-state index contributed by atoms with van der Waals surface area (Å²) < 4.78 is 1.92. The van der Waals surface area contributed by atoms with E-state index in [0.29, 0.717) is 11.0 Å². The fraction of sp³-hybridized carbons (Fsp3) is 0.417. The van der Waals surface area contributed by atoms with Crippen molar-refractivity contribution in [2.24, 2.45) is 5.41 Å². The summed E-state index contributed by atoms with van der Waals surface area (Å²) in [5, 5.41) is 0.654. The van der Waals surface area contributed by atoms with Crippen molar-refractivity contribution in [3.63, 3.8) is 0 Å². The molecular formula is C12H16ClN3. The number of nitrogen functional groups attached to an aromatic ring is 1. The van der Waals surface area contributed by atoms with Gasteiger partial charge in [0.15, 0.2) is 0 Å². The van der Waals surface area contributed by atoms with Gasteiger partial charge in [0, 0.05) is 0 Å². The summed E-state index contributed by atoms with van der Waals surface area (Å²) in [6.07, 6.45) is 0.851. The molecule has 0 atom stereocenters. The van der Waals surface area contributed by atoms with Crippen LogP contribution in [0.5, 0.6) is 0 Å². The first-order valence-corrected chi connectivity index (χ1v) is 5.67. The van der Waals surface area contributed by atoms with Gasteiger partial charge in [-0.25, -0.2) is 4.98 Å². The topological polar surface area (TPSA) is 43.3 Å². The van der Waals surface area contributed by atoms with Gasteiger partial charge in [0.1, 0.15) is 16.6 Å². The molecule has 0 amide bonds. The monoisotopic (exact) mass is 237 g/mol. The van der Waals surface area contributed by atoms with E-state index in [1.54, 1.807) is 0 Å². The van der Waals surface area contributed by atoms with E-state index in [-0.39, 0.29) is 5.41 Å². The van der Waals surface area contributed by atoms with Crippen LogP contribution in [0.25, 0.3) is 5.65 Å². The van der Waals surface area contributed by atoms with Crippen LogP contribution in [0.4, 0.5) is 5.82 Å². The summed E-state index contributed by atoms with van der Waals surface area (Å²) in [7, 11) is 0. The van der Waals surface area contributed by atoms with Crippen LogP contribution in [0.1, 0.15) is 26.5 Å². The molecule has 4 heteroatoms. The third-order valence-electron chi connectivity index (χ3n) is 2.42. The molecule has 0 aliphatic carbocycles. The van der Waals surface area contributed by atoms with Gasteiger partial charge in [0.05, 0.1) is 5.69 Å². The molecule has 0 saturated carbocycles. The predicted octanol–water partition coefficient (Wildman–Crippen LogP) is 3.16. The molecule has 0 saturated heterocycles. The molecule has 2 aromatic rings. The van der Waals surface area contributed by atoms with Crippen LogP contribution in [-0.2, 0) is 6.42 Å². The summed E-state index contributed by atoms with van der Waals surface area (Å²) in [6, 6.07) is 5.64. The Balaban J connectivity index is 2.64. The summed E-state index contributed by atoms with van der Waals surface area (Å²) in [4.78, 5) is 4.31. The Morgan fingerprint density at radius 2 is 2.06 bits per heavy atom. The van der Waals surface area contributed by atoms with E-state index < -0.39 is 0 Å². The molecule has 0 fully saturated rings. The van der Waals surface area contributed by atoms with Crippen molar-refractivity contribution in [3.05, 3.63) is 29.0 Å². The fourth-order valence-corrected chi connectivity index (χ4v) is 2.06. The number of rotatable bonds is 1. The number of nitrogens with two attached hydrogens (primary N) is 1. The molecule has 0 aromatic carbocycles. The molecule has 0 radical (unpaired) electrons. The molecule has 0 spiro atoms. The first-order valence-electron chi connectivity index (χ1n) is 5.30. The highest BCUT2D eigenvalue weighted by molar-refractivity contribution is 6.29. The van der Waals surface area contributed by atoms with Crippen LogP contribution >= 0.6 is 11.6 Å². The van der Waals surface area contributed by atoms with E-state index in [2.05, 4.69) is 25.8 Å². The van der Waals surface area contributed by atoms with Gasteiger partial charge in [0.25, 0.3) is 0 Å². The van der Waals surface area contributed by atoms with Crippen molar-refractivity contribution in [2.45, 2.75) is 27.2 Å². The number of nitrogens with zero attached hydrogens (tertiary/aromatic N) is 2. The minimum atomic E-state index is 0.156. The van der Waals surface area contributed by atoms with Gasteiger partial charge >= 0.3 is 0 Å². The Bertz CT molecular complexity index is 523. The van der Waals surface area contributed by atoms with Crippen molar-refractivity contribution in [1.29, 1.82) is 0 Å². The van der Waals surface area contributed by atoms with Crippen molar-refractivity contribution < 1.29 is 0 Å². The zero-order valence-corrected chi connectivity index (χ0v) is 10.5. The highest BCUT2D eigenvalue weighted by Gasteiger charge is 2.18. The Labute approximate surface area is 100 Å². The molecule has 2 rings (SSSR count). The molecule has 86 valence electrons. The van der Waals surface area contributed by atoms with E-state index in [1.807, 2.05) is 22.6 Å². The van der Waals surface area contributed by atoms with Crippen LogP contribution in [0.2, 0.25) is 5.15 Å². The van der Waals surface area contributed by atoms with Gasteiger partial charge in [0.2, 0.25) is 0 Å². The lowest BCUT2D eigenvalue weighted by atomic mass is 9.90. The molecule has 0 aliphatic rings. The molecule has 0 aliphatic heterocycles. The highest BCUT2D eigenvalue weighted by atomic mass is 35.5. The largest absolute Gasteiger partial charge is 0.382 e. The number of imidazole rings is 1. The summed E-state index contributed by atoms with van der Waals surface area (Å²) in [6.45, 7) is 6.51. The first-order chi connectivity index (χ1) is 7.38. The quantitative estimate of drug-likeness (QED) is 0.775. The number of hydrogen-bond donors (Lipinski definition) is 1. The van der Waals surface area contributed by atoms with Gasteiger partial charge in [-0.05, 0) is 24.0 Å². The zero-order valence-electron chi connectivity index (χ0n) is 9.79. The number of fused-ring (bicyclic) bond motifs is 1. The zero-order chi connectivity index (χ0) is 11.9. The molecule has 0 bridgehead atoms. The third-order valence-corrected chi connectivity index (χ3v) is 2.72. The lowest BCUT2D eigenvalue weighted by molar-refractivity contribution is 0.406. The minimum absolute atomic E-state index is 0.156. The van der Waals surface area contributed by atoms with Gasteiger partial charge in [-0.2, -0.15) is 0 Å². The predicted molar refractivity (Wildman–Crippen MR) is 67.8 cm³/mol. The number of anilines is 1. The summed E-state index contributed by atoms with van der Waals surface area (Å²) in [5.41, 5.74) is 7.90. The maximum absolute atomic E-state index is 6.17. The molecular weight excluding hydrogens is 222 g/mol. The smallest absolute Gasteiger partial charge is 0.146 e. The SMILES string of the molecule is CC(C)(C)Cc1c(N)nc2cccc(Cl)n12. The number of pyridine rings is 1. The molecule has 3 nitrogen and oxygen atoms in total. The van der Waals surface area contributed by atoms with Crippen molar-refractivity contribution in [3.8, 4) is 0 Å². The van der Waals surface area contributed by atoms with E-state index in [4.69, 9.17) is 17.3 Å².